The van der Waals surface area contributed by atoms with E-state index in [4.69, 9.17) is 16.3 Å². The van der Waals surface area contributed by atoms with E-state index in [9.17, 15) is 9.90 Å². The minimum absolute atomic E-state index is 0.0770. The second kappa shape index (κ2) is 7.03. The Morgan fingerprint density at radius 1 is 1.08 bits per heavy atom. The number of carbonyl (C=O) groups is 1. The maximum atomic E-state index is 12.6. The molecular weight excluding hydrogens is 338 g/mol. The Bertz CT molecular complexity index is 939. The maximum Gasteiger partial charge on any atom is 0.257 e. The molecule has 0 aliphatic carbocycles. The van der Waals surface area contributed by atoms with Gasteiger partial charge in [0, 0.05) is 18.6 Å². The number of ether oxygens (including phenoxy) is 1. The van der Waals surface area contributed by atoms with Gasteiger partial charge in [-0.1, -0.05) is 29.8 Å². The number of fused-ring (bicyclic) bond motifs is 1. The van der Waals surface area contributed by atoms with Crippen molar-refractivity contribution in [2.45, 2.75) is 6.54 Å². The Kier molecular flexibility index (Phi) is 4.81. The van der Waals surface area contributed by atoms with Crippen molar-refractivity contribution in [3.8, 4) is 11.5 Å². The van der Waals surface area contributed by atoms with Gasteiger partial charge in [0.15, 0.2) is 0 Å². The van der Waals surface area contributed by atoms with Crippen molar-refractivity contribution in [1.29, 1.82) is 0 Å². The zero-order valence-corrected chi connectivity index (χ0v) is 14.7. The summed E-state index contributed by atoms with van der Waals surface area (Å²) >= 11 is 5.92. The van der Waals surface area contributed by atoms with Crippen LogP contribution in [0.4, 0.5) is 0 Å². The van der Waals surface area contributed by atoms with Gasteiger partial charge in [-0.2, -0.15) is 0 Å². The summed E-state index contributed by atoms with van der Waals surface area (Å²) in [5.74, 6) is 0.450. The number of halogens is 1. The van der Waals surface area contributed by atoms with Crippen LogP contribution in [-0.4, -0.2) is 30.1 Å². The van der Waals surface area contributed by atoms with Crippen LogP contribution >= 0.6 is 11.6 Å². The average Bonchev–Trinajstić information content (AvgIpc) is 2.62. The molecule has 0 radical (unpaired) electrons. The number of hydrogen-bond acceptors (Lipinski definition) is 3. The van der Waals surface area contributed by atoms with Crippen molar-refractivity contribution in [3.05, 3.63) is 70.7 Å². The number of amides is 1. The van der Waals surface area contributed by atoms with E-state index >= 15 is 0 Å². The summed E-state index contributed by atoms with van der Waals surface area (Å²) in [6.07, 6.45) is 0. The number of hydrogen-bond donors (Lipinski definition) is 1. The highest BCUT2D eigenvalue weighted by atomic mass is 35.5. The summed E-state index contributed by atoms with van der Waals surface area (Å²) in [7, 11) is 3.34. The molecular formula is C20H18ClNO3. The van der Waals surface area contributed by atoms with Gasteiger partial charge in [-0.3, -0.25) is 4.79 Å². The standard InChI is InChI=1S/C20H18ClNO3/c1-22(20(24)18-11-16(21)6-8-19(18)23)12-13-3-4-15-10-17(25-2)7-5-14(15)9-13/h3-11,23H,12H2,1-2H3. The van der Waals surface area contributed by atoms with Crippen LogP contribution < -0.4 is 4.74 Å². The fraction of sp³-hybridized carbons (Fsp3) is 0.150. The molecule has 0 spiro atoms. The largest absolute Gasteiger partial charge is 0.507 e. The molecule has 0 aromatic heterocycles. The minimum Gasteiger partial charge on any atom is -0.507 e. The maximum absolute atomic E-state index is 12.6. The number of phenols is 1. The van der Waals surface area contributed by atoms with Gasteiger partial charge in [0.1, 0.15) is 11.5 Å². The van der Waals surface area contributed by atoms with Gasteiger partial charge >= 0.3 is 0 Å². The molecule has 3 rings (SSSR count). The van der Waals surface area contributed by atoms with Crippen LogP contribution in [0.3, 0.4) is 0 Å². The van der Waals surface area contributed by atoms with Gasteiger partial charge < -0.3 is 14.7 Å². The number of nitrogens with zero attached hydrogens (tertiary/aromatic N) is 1. The second-order valence-corrected chi connectivity index (χ2v) is 6.31. The van der Waals surface area contributed by atoms with Gasteiger partial charge in [0.2, 0.25) is 0 Å². The number of carbonyl (C=O) groups excluding carboxylic acids is 1. The van der Waals surface area contributed by atoms with E-state index in [2.05, 4.69) is 0 Å². The predicted molar refractivity (Wildman–Crippen MR) is 99.4 cm³/mol. The Balaban J connectivity index is 1.82. The molecule has 25 heavy (non-hydrogen) atoms. The van der Waals surface area contributed by atoms with E-state index in [1.165, 1.54) is 12.1 Å². The minimum atomic E-state index is -0.283. The first-order valence-electron chi connectivity index (χ1n) is 7.78. The molecule has 0 heterocycles. The van der Waals surface area contributed by atoms with Crippen molar-refractivity contribution in [1.82, 2.24) is 4.90 Å². The summed E-state index contributed by atoms with van der Waals surface area (Å²) in [4.78, 5) is 14.1. The first kappa shape index (κ1) is 17.1. The Morgan fingerprint density at radius 2 is 1.80 bits per heavy atom. The number of methoxy groups -OCH3 is 1. The normalized spacial score (nSPS) is 10.7. The van der Waals surface area contributed by atoms with Crippen LogP contribution in [0.2, 0.25) is 5.02 Å². The molecule has 3 aromatic carbocycles. The molecule has 3 aromatic rings. The fourth-order valence-electron chi connectivity index (χ4n) is 2.73. The first-order valence-corrected chi connectivity index (χ1v) is 8.16. The van der Waals surface area contributed by atoms with E-state index in [1.54, 1.807) is 25.1 Å². The molecule has 5 heteroatoms. The SMILES string of the molecule is COc1ccc2cc(CN(C)C(=O)c3cc(Cl)ccc3O)ccc2c1. The Morgan fingerprint density at radius 3 is 2.56 bits per heavy atom. The third-order valence-corrected chi connectivity index (χ3v) is 4.30. The summed E-state index contributed by atoms with van der Waals surface area (Å²) in [6.45, 7) is 0.423. The summed E-state index contributed by atoms with van der Waals surface area (Å²) in [5.41, 5.74) is 1.19. The third kappa shape index (κ3) is 3.69. The second-order valence-electron chi connectivity index (χ2n) is 5.87. The van der Waals surface area contributed by atoms with Gasteiger partial charge in [-0.15, -0.1) is 0 Å². The van der Waals surface area contributed by atoms with E-state index in [-0.39, 0.29) is 17.2 Å². The summed E-state index contributed by atoms with van der Waals surface area (Å²) in [5, 5.41) is 12.5. The third-order valence-electron chi connectivity index (χ3n) is 4.07. The summed E-state index contributed by atoms with van der Waals surface area (Å²) < 4.78 is 5.23. The van der Waals surface area contributed by atoms with Crippen molar-refractivity contribution >= 4 is 28.3 Å². The van der Waals surface area contributed by atoms with Crippen LogP contribution in [0.1, 0.15) is 15.9 Å². The van der Waals surface area contributed by atoms with Crippen LogP contribution in [0.5, 0.6) is 11.5 Å². The molecule has 0 fully saturated rings. The van der Waals surface area contributed by atoms with Crippen molar-refractivity contribution < 1.29 is 14.6 Å². The Labute approximate surface area is 151 Å². The van der Waals surface area contributed by atoms with Gasteiger partial charge in [0.25, 0.3) is 5.91 Å². The zero-order valence-electron chi connectivity index (χ0n) is 14.0. The molecule has 0 aliphatic heterocycles. The van der Waals surface area contributed by atoms with E-state index in [0.29, 0.717) is 11.6 Å². The van der Waals surface area contributed by atoms with E-state index in [0.717, 1.165) is 22.1 Å². The molecule has 1 N–H and O–H groups in total. The zero-order chi connectivity index (χ0) is 18.0. The van der Waals surface area contributed by atoms with Crippen LogP contribution in [0.15, 0.2) is 54.6 Å². The van der Waals surface area contributed by atoms with E-state index in [1.807, 2.05) is 36.4 Å². The van der Waals surface area contributed by atoms with Gasteiger partial charge in [-0.25, -0.2) is 0 Å². The number of rotatable bonds is 4. The molecule has 0 bridgehead atoms. The molecule has 1 amide bonds. The molecule has 0 aliphatic rings. The predicted octanol–water partition coefficient (Wildman–Crippen LogP) is 4.48. The van der Waals surface area contributed by atoms with Crippen LogP contribution in [-0.2, 0) is 6.54 Å². The topological polar surface area (TPSA) is 49.8 Å². The number of aromatic hydroxyl groups is 1. The molecule has 0 saturated carbocycles. The lowest BCUT2D eigenvalue weighted by Gasteiger charge is -2.18. The fourth-order valence-corrected chi connectivity index (χ4v) is 2.90. The monoisotopic (exact) mass is 355 g/mol. The molecule has 0 unspecified atom stereocenters. The number of phenolic OH excluding ortho intramolecular Hbond substituents is 1. The lowest BCUT2D eigenvalue weighted by Crippen LogP contribution is -2.26. The first-order chi connectivity index (χ1) is 12.0. The van der Waals surface area contributed by atoms with E-state index < -0.39 is 0 Å². The Hall–Kier alpha value is -2.72. The lowest BCUT2D eigenvalue weighted by atomic mass is 10.1. The van der Waals surface area contributed by atoms with Crippen LogP contribution in [0, 0.1) is 0 Å². The molecule has 128 valence electrons. The van der Waals surface area contributed by atoms with Crippen molar-refractivity contribution in [3.63, 3.8) is 0 Å². The quantitative estimate of drug-likeness (QED) is 0.750. The number of benzene rings is 3. The van der Waals surface area contributed by atoms with Crippen LogP contribution in [0.25, 0.3) is 10.8 Å². The average molecular weight is 356 g/mol. The molecule has 0 atom stereocenters. The van der Waals surface area contributed by atoms with Gasteiger partial charge in [0.05, 0.1) is 12.7 Å². The highest BCUT2D eigenvalue weighted by molar-refractivity contribution is 6.31. The molecule has 0 saturated heterocycles. The highest BCUT2D eigenvalue weighted by Crippen LogP contribution is 2.25. The van der Waals surface area contributed by atoms with Crippen molar-refractivity contribution in [2.75, 3.05) is 14.2 Å². The smallest absolute Gasteiger partial charge is 0.257 e. The lowest BCUT2D eigenvalue weighted by molar-refractivity contribution is 0.0782. The summed E-state index contributed by atoms with van der Waals surface area (Å²) in [6, 6.07) is 16.3. The van der Waals surface area contributed by atoms with Crippen molar-refractivity contribution in [2.24, 2.45) is 0 Å². The molecule has 4 nitrogen and oxygen atoms in total. The van der Waals surface area contributed by atoms with Gasteiger partial charge in [-0.05, 0) is 52.7 Å². The highest BCUT2D eigenvalue weighted by Gasteiger charge is 2.16.